The zero-order valence-corrected chi connectivity index (χ0v) is 13.4. The molecule has 118 valence electrons. The van der Waals surface area contributed by atoms with Crippen molar-refractivity contribution in [2.75, 3.05) is 27.2 Å². The highest BCUT2D eigenvalue weighted by atomic mass is 16.2. The van der Waals surface area contributed by atoms with E-state index in [9.17, 15) is 9.59 Å². The van der Waals surface area contributed by atoms with Gasteiger partial charge >= 0.3 is 0 Å². The molecule has 0 saturated heterocycles. The summed E-state index contributed by atoms with van der Waals surface area (Å²) in [6, 6.07) is 9.49. The molecule has 1 amide bonds. The topological polar surface area (TPSA) is 54.3 Å². The molecule has 1 heterocycles. The number of amides is 1. The molecule has 5 nitrogen and oxygen atoms in total. The largest absolute Gasteiger partial charge is 0.355 e. The van der Waals surface area contributed by atoms with Crippen LogP contribution in [-0.2, 0) is 11.3 Å². The normalized spacial score (nSPS) is 11.1. The fourth-order valence-corrected chi connectivity index (χ4v) is 2.45. The number of pyridine rings is 1. The molecule has 5 heteroatoms. The Balaban J connectivity index is 2.12. The summed E-state index contributed by atoms with van der Waals surface area (Å²) in [5, 5.41) is 3.84. The van der Waals surface area contributed by atoms with Crippen LogP contribution in [0.5, 0.6) is 0 Å². The van der Waals surface area contributed by atoms with Crippen molar-refractivity contribution in [3.63, 3.8) is 0 Å². The summed E-state index contributed by atoms with van der Waals surface area (Å²) in [5.41, 5.74) is 1.34. The smallest absolute Gasteiger partial charge is 0.254 e. The molecule has 0 bridgehead atoms. The quantitative estimate of drug-likeness (QED) is 0.820. The summed E-state index contributed by atoms with van der Waals surface area (Å²) in [7, 11) is 4.00. The highest BCUT2D eigenvalue weighted by Crippen LogP contribution is 2.12. The number of hydrogen-bond donors (Lipinski definition) is 1. The van der Waals surface area contributed by atoms with Gasteiger partial charge in [-0.3, -0.25) is 14.2 Å². The van der Waals surface area contributed by atoms with Gasteiger partial charge in [0, 0.05) is 12.1 Å². The van der Waals surface area contributed by atoms with E-state index in [2.05, 4.69) is 10.2 Å². The number of nitrogens with one attached hydrogen (secondary N) is 1. The Bertz CT molecular complexity index is 719. The number of carbonyl (C=O) groups is 1. The van der Waals surface area contributed by atoms with E-state index < -0.39 is 0 Å². The molecule has 1 aromatic heterocycles. The summed E-state index contributed by atoms with van der Waals surface area (Å²) >= 11 is 0. The first-order chi connectivity index (χ1) is 10.5. The van der Waals surface area contributed by atoms with E-state index in [1.165, 1.54) is 0 Å². The molecule has 22 heavy (non-hydrogen) atoms. The van der Waals surface area contributed by atoms with Gasteiger partial charge in [0.1, 0.15) is 6.54 Å². The van der Waals surface area contributed by atoms with Crippen LogP contribution in [0.1, 0.15) is 12.0 Å². The second-order valence-electron chi connectivity index (χ2n) is 5.78. The maximum Gasteiger partial charge on any atom is 0.254 e. The predicted octanol–water partition coefficient (Wildman–Crippen LogP) is 1.38. The zero-order valence-electron chi connectivity index (χ0n) is 13.4. The number of fused-ring (bicyclic) bond motifs is 1. The van der Waals surface area contributed by atoms with Gasteiger partial charge in [-0.1, -0.05) is 18.2 Å². The van der Waals surface area contributed by atoms with Crippen molar-refractivity contribution in [2.24, 2.45) is 0 Å². The summed E-state index contributed by atoms with van der Waals surface area (Å²) in [4.78, 5) is 26.5. The molecule has 0 unspecified atom stereocenters. The number of aryl methyl sites for hydroxylation is 1. The van der Waals surface area contributed by atoms with Gasteiger partial charge in [-0.25, -0.2) is 0 Å². The van der Waals surface area contributed by atoms with Crippen molar-refractivity contribution in [2.45, 2.75) is 19.9 Å². The van der Waals surface area contributed by atoms with Crippen LogP contribution in [0.25, 0.3) is 10.9 Å². The van der Waals surface area contributed by atoms with E-state index in [0.717, 1.165) is 23.9 Å². The van der Waals surface area contributed by atoms with E-state index in [0.29, 0.717) is 12.1 Å². The fourth-order valence-electron chi connectivity index (χ4n) is 2.45. The first-order valence-corrected chi connectivity index (χ1v) is 7.49. The van der Waals surface area contributed by atoms with Crippen LogP contribution in [0, 0.1) is 6.92 Å². The molecule has 0 radical (unpaired) electrons. The third kappa shape index (κ3) is 3.95. The molecule has 1 N–H and O–H groups in total. The van der Waals surface area contributed by atoms with Crippen molar-refractivity contribution in [3.05, 3.63) is 46.2 Å². The minimum atomic E-state index is -0.128. The Labute approximate surface area is 130 Å². The molecule has 0 saturated carbocycles. The van der Waals surface area contributed by atoms with E-state index in [-0.39, 0.29) is 18.0 Å². The number of benzene rings is 1. The Morgan fingerprint density at radius 2 is 2.00 bits per heavy atom. The lowest BCUT2D eigenvalue weighted by Crippen LogP contribution is -2.34. The predicted molar refractivity (Wildman–Crippen MR) is 89.1 cm³/mol. The SMILES string of the molecule is Cc1cc2ccccc2n(CC(=O)NCCCN(C)C)c1=O. The molecule has 0 fully saturated rings. The minimum Gasteiger partial charge on any atom is -0.355 e. The van der Waals surface area contributed by atoms with Crippen LogP contribution < -0.4 is 10.9 Å². The standard InChI is InChI=1S/C17H23N3O2/c1-13-11-14-7-4-5-8-15(14)20(17(13)22)12-16(21)18-9-6-10-19(2)3/h4-5,7-8,11H,6,9-10,12H2,1-3H3,(H,18,21). The summed E-state index contributed by atoms with van der Waals surface area (Å²) in [5.74, 6) is -0.128. The van der Waals surface area contributed by atoms with E-state index in [1.54, 1.807) is 11.5 Å². The monoisotopic (exact) mass is 301 g/mol. The first-order valence-electron chi connectivity index (χ1n) is 7.49. The van der Waals surface area contributed by atoms with Crippen LogP contribution in [-0.4, -0.2) is 42.6 Å². The van der Waals surface area contributed by atoms with Gasteiger partial charge in [-0.05, 0) is 51.5 Å². The lowest BCUT2D eigenvalue weighted by Gasteiger charge is -2.13. The number of carbonyl (C=O) groups excluding carboxylic acids is 1. The molecule has 0 spiro atoms. The number of aromatic nitrogens is 1. The molecule has 0 aliphatic rings. The minimum absolute atomic E-state index is 0.0585. The third-order valence-corrected chi connectivity index (χ3v) is 3.59. The second kappa shape index (κ2) is 7.22. The van der Waals surface area contributed by atoms with Gasteiger partial charge < -0.3 is 10.2 Å². The van der Waals surface area contributed by atoms with Crippen molar-refractivity contribution < 1.29 is 4.79 Å². The fraction of sp³-hybridized carbons (Fsp3) is 0.412. The Kier molecular flexibility index (Phi) is 5.33. The summed E-state index contributed by atoms with van der Waals surface area (Å²) in [6.07, 6.45) is 0.891. The van der Waals surface area contributed by atoms with E-state index >= 15 is 0 Å². The lowest BCUT2D eigenvalue weighted by atomic mass is 10.1. The molecule has 2 rings (SSSR count). The number of rotatable bonds is 6. The van der Waals surface area contributed by atoms with Gasteiger partial charge in [0.05, 0.1) is 5.52 Å². The third-order valence-electron chi connectivity index (χ3n) is 3.59. The van der Waals surface area contributed by atoms with Crippen LogP contribution in [0.15, 0.2) is 35.1 Å². The Morgan fingerprint density at radius 1 is 1.27 bits per heavy atom. The molecular weight excluding hydrogens is 278 g/mol. The molecule has 0 aliphatic carbocycles. The van der Waals surface area contributed by atoms with Crippen LogP contribution in [0.2, 0.25) is 0 Å². The van der Waals surface area contributed by atoms with Gasteiger partial charge in [-0.15, -0.1) is 0 Å². The highest BCUT2D eigenvalue weighted by Gasteiger charge is 2.10. The van der Waals surface area contributed by atoms with Crippen LogP contribution in [0.3, 0.4) is 0 Å². The zero-order chi connectivity index (χ0) is 16.1. The second-order valence-corrected chi connectivity index (χ2v) is 5.78. The van der Waals surface area contributed by atoms with Crippen molar-refractivity contribution >= 4 is 16.8 Å². The molecule has 0 aliphatic heterocycles. The van der Waals surface area contributed by atoms with Crippen molar-refractivity contribution in [1.82, 2.24) is 14.8 Å². The Morgan fingerprint density at radius 3 is 2.73 bits per heavy atom. The van der Waals surface area contributed by atoms with Gasteiger partial charge in [0.15, 0.2) is 0 Å². The van der Waals surface area contributed by atoms with Gasteiger partial charge in [-0.2, -0.15) is 0 Å². The number of nitrogens with zero attached hydrogens (tertiary/aromatic N) is 2. The molecule has 0 atom stereocenters. The summed E-state index contributed by atoms with van der Waals surface area (Å²) in [6.45, 7) is 3.38. The first kappa shape index (κ1) is 16.2. The highest BCUT2D eigenvalue weighted by molar-refractivity contribution is 5.82. The average Bonchev–Trinajstić information content (AvgIpc) is 2.48. The van der Waals surface area contributed by atoms with Gasteiger partial charge in [0.2, 0.25) is 5.91 Å². The van der Waals surface area contributed by atoms with Crippen LogP contribution >= 0.6 is 0 Å². The van der Waals surface area contributed by atoms with Crippen molar-refractivity contribution in [1.29, 1.82) is 0 Å². The lowest BCUT2D eigenvalue weighted by molar-refractivity contribution is -0.121. The average molecular weight is 301 g/mol. The van der Waals surface area contributed by atoms with E-state index in [4.69, 9.17) is 0 Å². The van der Waals surface area contributed by atoms with Crippen molar-refractivity contribution in [3.8, 4) is 0 Å². The van der Waals surface area contributed by atoms with Gasteiger partial charge in [0.25, 0.3) is 5.56 Å². The summed E-state index contributed by atoms with van der Waals surface area (Å²) < 4.78 is 1.55. The molecule has 1 aromatic carbocycles. The maximum atomic E-state index is 12.3. The maximum absolute atomic E-state index is 12.3. The van der Waals surface area contributed by atoms with Crippen LogP contribution in [0.4, 0.5) is 0 Å². The molecular formula is C17H23N3O2. The molecule has 2 aromatic rings. The van der Waals surface area contributed by atoms with E-state index in [1.807, 2.05) is 44.4 Å². The number of para-hydroxylation sites is 1. The Hall–Kier alpha value is -2.14. The number of hydrogen-bond acceptors (Lipinski definition) is 3.